The van der Waals surface area contributed by atoms with Crippen LogP contribution in [0.1, 0.15) is 53.7 Å². The molecule has 1 unspecified atom stereocenters. The van der Waals surface area contributed by atoms with Gasteiger partial charge in [-0.2, -0.15) is 0 Å². The average molecular weight is 433 g/mol. The van der Waals surface area contributed by atoms with Crippen molar-refractivity contribution in [1.29, 1.82) is 0 Å². The Balaban J connectivity index is 2.00. The minimum absolute atomic E-state index is 0.0187. The summed E-state index contributed by atoms with van der Waals surface area (Å²) in [7, 11) is 1.28. The van der Waals surface area contributed by atoms with Gasteiger partial charge in [0.2, 0.25) is 0 Å². The van der Waals surface area contributed by atoms with E-state index < -0.39 is 29.5 Å². The van der Waals surface area contributed by atoms with Crippen LogP contribution in [-0.2, 0) is 9.53 Å². The number of ether oxygens (including phenoxy) is 1. The molecule has 1 N–H and O–H groups in total. The number of carbonyl (C=O) groups is 2. The molecule has 6 nitrogen and oxygen atoms in total. The first kappa shape index (κ1) is 23.0. The molecule has 0 aliphatic heterocycles. The fourth-order valence-electron chi connectivity index (χ4n) is 3.71. The molecule has 1 amide bonds. The first-order valence-corrected chi connectivity index (χ1v) is 10.8. The second kappa shape index (κ2) is 11.1. The number of nitrogens with zero attached hydrogens (tertiary/aromatic N) is 1. The third-order valence-corrected chi connectivity index (χ3v) is 5.37. The van der Waals surface area contributed by atoms with E-state index in [1.807, 2.05) is 67.6 Å². The Bertz CT molecular complexity index is 1050. The van der Waals surface area contributed by atoms with Crippen LogP contribution in [-0.4, -0.2) is 29.6 Å². The zero-order valence-corrected chi connectivity index (χ0v) is 18.4. The van der Waals surface area contributed by atoms with E-state index in [2.05, 4.69) is 5.32 Å². The van der Waals surface area contributed by atoms with Crippen molar-refractivity contribution < 1.29 is 14.3 Å². The second-order valence-electron chi connectivity index (χ2n) is 7.55. The molecule has 1 heterocycles. The fourth-order valence-corrected chi connectivity index (χ4v) is 3.71. The number of methoxy groups -OCH3 is 1. The van der Waals surface area contributed by atoms with Gasteiger partial charge in [0.15, 0.2) is 0 Å². The van der Waals surface area contributed by atoms with Gasteiger partial charge in [0.1, 0.15) is 11.6 Å². The predicted octanol–water partition coefficient (Wildman–Crippen LogP) is 3.95. The Morgan fingerprint density at radius 1 is 0.938 bits per heavy atom. The number of hydrogen-bond donors (Lipinski definition) is 1. The van der Waals surface area contributed by atoms with Crippen molar-refractivity contribution in [3.63, 3.8) is 0 Å². The molecule has 32 heavy (non-hydrogen) atoms. The summed E-state index contributed by atoms with van der Waals surface area (Å²) in [5.74, 6) is -1.11. The molecule has 3 aromatic rings. The maximum atomic E-state index is 13.4. The van der Waals surface area contributed by atoms with Gasteiger partial charge >= 0.3 is 5.97 Å². The zero-order valence-electron chi connectivity index (χ0n) is 18.4. The topological polar surface area (TPSA) is 77.4 Å². The van der Waals surface area contributed by atoms with Gasteiger partial charge in [0, 0.05) is 6.20 Å². The number of unbranched alkanes of at least 4 members (excludes halogenated alkanes) is 1. The van der Waals surface area contributed by atoms with Gasteiger partial charge in [-0.1, -0.05) is 80.4 Å². The molecule has 0 fully saturated rings. The Morgan fingerprint density at radius 2 is 1.53 bits per heavy atom. The monoisotopic (exact) mass is 432 g/mol. The third-order valence-electron chi connectivity index (χ3n) is 5.37. The van der Waals surface area contributed by atoms with Crippen molar-refractivity contribution >= 4 is 11.9 Å². The number of amides is 1. The molecule has 1 aromatic heterocycles. The van der Waals surface area contributed by atoms with Crippen molar-refractivity contribution in [2.75, 3.05) is 7.11 Å². The number of aromatic nitrogens is 1. The minimum Gasteiger partial charge on any atom is -0.467 e. The summed E-state index contributed by atoms with van der Waals surface area (Å²) in [5, 5.41) is 2.68. The van der Waals surface area contributed by atoms with Crippen LogP contribution in [0, 0.1) is 0 Å². The summed E-state index contributed by atoms with van der Waals surface area (Å²) in [4.78, 5) is 38.5. The highest BCUT2D eigenvalue weighted by molar-refractivity contribution is 5.96. The number of benzene rings is 2. The fraction of sp³-hybridized carbons (Fsp3) is 0.269. The van der Waals surface area contributed by atoms with Crippen LogP contribution in [0.4, 0.5) is 0 Å². The number of esters is 1. The number of carbonyl (C=O) groups excluding carboxylic acids is 2. The summed E-state index contributed by atoms with van der Waals surface area (Å²) in [6.07, 6.45) is 3.76. The lowest BCUT2D eigenvalue weighted by Crippen LogP contribution is -2.44. The predicted molar refractivity (Wildman–Crippen MR) is 124 cm³/mol. The molecule has 0 spiro atoms. The summed E-state index contributed by atoms with van der Waals surface area (Å²) in [6.45, 7) is 2.00. The van der Waals surface area contributed by atoms with Crippen LogP contribution in [0.25, 0.3) is 0 Å². The van der Waals surface area contributed by atoms with Crippen LogP contribution in [0.5, 0.6) is 0 Å². The van der Waals surface area contributed by atoms with Gasteiger partial charge in [0.25, 0.3) is 11.5 Å². The molecule has 0 saturated heterocycles. The molecular formula is C26H28N2O4. The van der Waals surface area contributed by atoms with Crippen LogP contribution in [0.15, 0.2) is 83.8 Å². The van der Waals surface area contributed by atoms with Crippen LogP contribution < -0.4 is 10.9 Å². The zero-order chi connectivity index (χ0) is 22.9. The van der Waals surface area contributed by atoms with E-state index >= 15 is 0 Å². The quantitative estimate of drug-likeness (QED) is 0.520. The molecule has 0 radical (unpaired) electrons. The highest BCUT2D eigenvalue weighted by Crippen LogP contribution is 2.25. The SMILES string of the molecule is CCCCC(NC(=O)c1cccn(C(c2ccccc2)c2ccccc2)c1=O)C(=O)OC. The number of nitrogens with one attached hydrogen (secondary N) is 1. The first-order chi connectivity index (χ1) is 15.6. The van der Waals surface area contributed by atoms with E-state index in [0.717, 1.165) is 24.0 Å². The van der Waals surface area contributed by atoms with Crippen molar-refractivity contribution in [1.82, 2.24) is 9.88 Å². The van der Waals surface area contributed by atoms with Crippen molar-refractivity contribution in [3.8, 4) is 0 Å². The van der Waals surface area contributed by atoms with E-state index in [0.29, 0.717) is 6.42 Å². The molecule has 0 bridgehead atoms. The van der Waals surface area contributed by atoms with Gasteiger partial charge in [-0.15, -0.1) is 0 Å². The van der Waals surface area contributed by atoms with Gasteiger partial charge in [-0.3, -0.25) is 9.59 Å². The molecule has 0 aliphatic carbocycles. The maximum absolute atomic E-state index is 13.4. The lowest BCUT2D eigenvalue weighted by Gasteiger charge is -2.22. The van der Waals surface area contributed by atoms with Crippen LogP contribution in [0.3, 0.4) is 0 Å². The van der Waals surface area contributed by atoms with Gasteiger partial charge in [0.05, 0.1) is 13.2 Å². The molecule has 3 rings (SSSR count). The minimum atomic E-state index is -0.792. The number of hydrogen-bond acceptors (Lipinski definition) is 4. The Labute approximate surface area is 187 Å². The number of pyridine rings is 1. The van der Waals surface area contributed by atoms with Crippen molar-refractivity contribution in [3.05, 3.63) is 106 Å². The highest BCUT2D eigenvalue weighted by Gasteiger charge is 2.25. The molecule has 1 atom stereocenters. The normalized spacial score (nSPS) is 11.7. The molecule has 0 saturated carbocycles. The highest BCUT2D eigenvalue weighted by atomic mass is 16.5. The Kier molecular flexibility index (Phi) is 7.97. The summed E-state index contributed by atoms with van der Waals surface area (Å²) in [5.41, 5.74) is 1.40. The van der Waals surface area contributed by atoms with E-state index in [-0.39, 0.29) is 5.56 Å². The number of rotatable bonds is 9. The smallest absolute Gasteiger partial charge is 0.328 e. The van der Waals surface area contributed by atoms with E-state index in [1.165, 1.54) is 13.2 Å². The second-order valence-corrected chi connectivity index (χ2v) is 7.55. The van der Waals surface area contributed by atoms with Crippen molar-refractivity contribution in [2.24, 2.45) is 0 Å². The van der Waals surface area contributed by atoms with E-state index in [9.17, 15) is 14.4 Å². The van der Waals surface area contributed by atoms with Crippen LogP contribution in [0.2, 0.25) is 0 Å². The van der Waals surface area contributed by atoms with E-state index in [1.54, 1.807) is 16.8 Å². The molecule has 0 aliphatic rings. The maximum Gasteiger partial charge on any atom is 0.328 e. The van der Waals surface area contributed by atoms with Gasteiger partial charge < -0.3 is 14.6 Å². The molecule has 166 valence electrons. The lowest BCUT2D eigenvalue weighted by molar-refractivity contribution is -0.143. The summed E-state index contributed by atoms with van der Waals surface area (Å²) in [6, 6.07) is 21.3. The van der Waals surface area contributed by atoms with Gasteiger partial charge in [-0.25, -0.2) is 4.79 Å². The summed E-state index contributed by atoms with van der Waals surface area (Å²) < 4.78 is 6.37. The summed E-state index contributed by atoms with van der Waals surface area (Å²) >= 11 is 0. The Morgan fingerprint density at radius 3 is 2.06 bits per heavy atom. The van der Waals surface area contributed by atoms with Crippen molar-refractivity contribution in [2.45, 2.75) is 38.3 Å². The largest absolute Gasteiger partial charge is 0.467 e. The van der Waals surface area contributed by atoms with Gasteiger partial charge in [-0.05, 0) is 29.7 Å². The lowest BCUT2D eigenvalue weighted by atomic mass is 9.98. The molecule has 2 aromatic carbocycles. The first-order valence-electron chi connectivity index (χ1n) is 10.8. The Hall–Kier alpha value is -3.67. The van der Waals surface area contributed by atoms with E-state index in [4.69, 9.17) is 4.74 Å². The molecular weight excluding hydrogens is 404 g/mol. The average Bonchev–Trinajstić information content (AvgIpc) is 2.83. The molecule has 6 heteroatoms. The third kappa shape index (κ3) is 5.32. The van der Waals surface area contributed by atoms with Crippen LogP contribution >= 0.6 is 0 Å². The standard InChI is InChI=1S/C26H28N2O4/c1-3-4-17-22(26(31)32-2)27-24(29)21-16-11-18-28(25(21)30)23(19-12-7-5-8-13-19)20-14-9-6-10-15-20/h5-16,18,22-23H,3-4,17H2,1-2H3,(H,27,29).